The molecule has 9 nitrogen and oxygen atoms in total. The van der Waals surface area contributed by atoms with Gasteiger partial charge in [0.2, 0.25) is 5.91 Å². The lowest BCUT2D eigenvalue weighted by Crippen LogP contribution is -2.18. The second-order valence-corrected chi connectivity index (χ2v) is 9.49. The number of carboxylic acids is 1. The van der Waals surface area contributed by atoms with Gasteiger partial charge in [0.25, 0.3) is 11.6 Å². The van der Waals surface area contributed by atoms with E-state index in [0.29, 0.717) is 16.3 Å². The van der Waals surface area contributed by atoms with Gasteiger partial charge in [-0.2, -0.15) is 0 Å². The zero-order chi connectivity index (χ0) is 26.6. The van der Waals surface area contributed by atoms with Crippen LogP contribution in [0.2, 0.25) is 20.1 Å². The molecule has 0 spiro atoms. The van der Waals surface area contributed by atoms with Crippen LogP contribution in [0.3, 0.4) is 0 Å². The first-order valence-electron chi connectivity index (χ1n) is 9.67. The minimum atomic E-state index is -1.51. The van der Waals surface area contributed by atoms with E-state index >= 15 is 0 Å². The predicted octanol–water partition coefficient (Wildman–Crippen LogP) is 6.89. The number of amides is 2. The Bertz CT molecular complexity index is 1370. The van der Waals surface area contributed by atoms with Gasteiger partial charge in [0.1, 0.15) is 0 Å². The van der Waals surface area contributed by atoms with E-state index in [4.69, 9.17) is 46.4 Å². The Morgan fingerprint density at radius 2 is 1.31 bits per heavy atom. The van der Waals surface area contributed by atoms with Crippen molar-refractivity contribution in [1.82, 2.24) is 0 Å². The van der Waals surface area contributed by atoms with Gasteiger partial charge < -0.3 is 15.7 Å². The number of carboxylic acid groups (broad SMARTS) is 1. The number of nitrogens with one attached hydrogen (secondary N) is 2. The van der Waals surface area contributed by atoms with Gasteiger partial charge >= 0.3 is 5.97 Å². The number of nitro benzene ring substituents is 1. The third kappa shape index (κ3) is 6.40. The number of nitrogens with zero attached hydrogens (tertiary/aromatic N) is 1. The minimum absolute atomic E-state index is 0.0576. The molecule has 14 heteroatoms. The third-order valence-corrected chi connectivity index (χ3v) is 7.37. The van der Waals surface area contributed by atoms with E-state index in [-0.39, 0.29) is 32.4 Å². The number of hydrogen-bond acceptors (Lipinski definition) is 6. The summed E-state index contributed by atoms with van der Waals surface area (Å²) in [6.07, 6.45) is 0. The molecule has 0 fully saturated rings. The van der Waals surface area contributed by atoms with Gasteiger partial charge in [-0.1, -0.05) is 46.4 Å². The number of benzene rings is 3. The summed E-state index contributed by atoms with van der Waals surface area (Å²) in [7, 11) is 0. The number of carbonyl (C=O) groups is 3. The first-order chi connectivity index (χ1) is 17.0. The summed E-state index contributed by atoms with van der Waals surface area (Å²) in [5.41, 5.74) is -0.372. The molecule has 0 aliphatic carbocycles. The maximum Gasteiger partial charge on any atom is 0.338 e. The largest absolute Gasteiger partial charge is 0.478 e. The van der Waals surface area contributed by atoms with Crippen molar-refractivity contribution in [2.75, 3.05) is 16.4 Å². The van der Waals surface area contributed by atoms with Crippen LogP contribution in [0.25, 0.3) is 0 Å². The van der Waals surface area contributed by atoms with E-state index in [1.165, 1.54) is 36.0 Å². The lowest BCUT2D eigenvalue weighted by molar-refractivity contribution is -0.384. The van der Waals surface area contributed by atoms with E-state index < -0.39 is 32.9 Å². The van der Waals surface area contributed by atoms with Gasteiger partial charge in [0.05, 0.1) is 41.9 Å². The monoisotopic (exact) mass is 587 g/mol. The number of thioether (sulfide) groups is 1. The zero-order valence-corrected chi connectivity index (χ0v) is 21.5. The fourth-order valence-electron chi connectivity index (χ4n) is 2.89. The van der Waals surface area contributed by atoms with Crippen LogP contribution in [-0.2, 0) is 4.79 Å². The molecule has 3 rings (SSSR count). The van der Waals surface area contributed by atoms with Crippen molar-refractivity contribution >= 4 is 93.0 Å². The van der Waals surface area contributed by atoms with E-state index in [9.17, 15) is 29.6 Å². The molecule has 0 aromatic heterocycles. The molecule has 2 amide bonds. The Kier molecular flexibility index (Phi) is 9.04. The maximum absolute atomic E-state index is 12.8. The number of halogens is 4. The van der Waals surface area contributed by atoms with Gasteiger partial charge in [-0.3, -0.25) is 19.7 Å². The first-order valence-corrected chi connectivity index (χ1v) is 12.2. The van der Waals surface area contributed by atoms with Crippen LogP contribution in [0.5, 0.6) is 0 Å². The summed E-state index contributed by atoms with van der Waals surface area (Å²) in [6, 6.07) is 11.8. The average Bonchev–Trinajstić information content (AvgIpc) is 2.84. The zero-order valence-electron chi connectivity index (χ0n) is 17.7. The SMILES string of the molecule is O=C(CSc1ccc(NC(=O)c2c(Cl)c(Cl)c(Cl)c(Cl)c2C(=O)O)cc1)Nc1ccc([N+](=O)[O-])cc1. The minimum Gasteiger partial charge on any atom is -0.478 e. The van der Waals surface area contributed by atoms with Crippen LogP contribution in [0.1, 0.15) is 20.7 Å². The van der Waals surface area contributed by atoms with Crippen LogP contribution < -0.4 is 10.6 Å². The molecule has 0 atom stereocenters. The summed E-state index contributed by atoms with van der Waals surface area (Å²) in [4.78, 5) is 47.5. The van der Waals surface area contributed by atoms with Crippen LogP contribution in [-0.4, -0.2) is 33.6 Å². The summed E-state index contributed by atoms with van der Waals surface area (Å²) >= 11 is 25.2. The highest BCUT2D eigenvalue weighted by Gasteiger charge is 2.28. The number of hydrogen-bond donors (Lipinski definition) is 3. The van der Waals surface area contributed by atoms with Crippen molar-refractivity contribution < 1.29 is 24.4 Å². The second kappa shape index (κ2) is 11.8. The lowest BCUT2D eigenvalue weighted by atomic mass is 10.1. The van der Waals surface area contributed by atoms with Gasteiger partial charge in [0.15, 0.2) is 0 Å². The number of aromatic carboxylic acids is 1. The smallest absolute Gasteiger partial charge is 0.338 e. The summed E-state index contributed by atoms with van der Waals surface area (Å²) in [6.45, 7) is 0. The van der Waals surface area contributed by atoms with Crippen molar-refractivity contribution in [3.05, 3.63) is 89.9 Å². The van der Waals surface area contributed by atoms with E-state index in [1.807, 2.05) is 0 Å². The summed E-state index contributed by atoms with van der Waals surface area (Å²) in [5.74, 6) is -2.63. The van der Waals surface area contributed by atoms with E-state index in [0.717, 1.165) is 0 Å². The quantitative estimate of drug-likeness (QED) is 0.0855. The first kappa shape index (κ1) is 27.6. The highest BCUT2D eigenvalue weighted by atomic mass is 35.5. The Morgan fingerprint density at radius 1 is 0.806 bits per heavy atom. The van der Waals surface area contributed by atoms with Crippen molar-refractivity contribution in [3.63, 3.8) is 0 Å². The Balaban J connectivity index is 1.64. The predicted molar refractivity (Wildman–Crippen MR) is 140 cm³/mol. The Hall–Kier alpha value is -3.02. The molecule has 3 N–H and O–H groups in total. The molecule has 0 aliphatic rings. The van der Waals surface area contributed by atoms with Crippen LogP contribution in [0.4, 0.5) is 17.1 Å². The molecule has 0 saturated heterocycles. The standard InChI is InChI=1S/C22H13Cl4N3O6S/c23-17-15(16(22(32)33)18(24)20(26)19(17)25)21(31)28-11-3-7-13(8-4-11)36-9-14(30)27-10-1-5-12(6-2-10)29(34)35/h1-8H,9H2,(H,27,30)(H,28,31)(H,32,33). The highest BCUT2D eigenvalue weighted by molar-refractivity contribution is 8.00. The Labute approximate surface area is 227 Å². The molecule has 3 aromatic rings. The molecule has 0 aliphatic heterocycles. The topological polar surface area (TPSA) is 139 Å². The molecule has 0 heterocycles. The molecular formula is C22H13Cl4N3O6S. The van der Waals surface area contributed by atoms with Gasteiger partial charge in [-0.25, -0.2) is 4.79 Å². The number of anilines is 2. The normalized spacial score (nSPS) is 10.6. The maximum atomic E-state index is 12.8. The molecule has 0 unspecified atom stereocenters. The Morgan fingerprint density at radius 3 is 1.83 bits per heavy atom. The third-order valence-electron chi connectivity index (χ3n) is 4.55. The molecule has 0 saturated carbocycles. The molecule has 186 valence electrons. The van der Waals surface area contributed by atoms with E-state index in [2.05, 4.69) is 10.6 Å². The molecular weight excluding hydrogens is 576 g/mol. The van der Waals surface area contributed by atoms with Gasteiger partial charge in [-0.15, -0.1) is 11.8 Å². The fraction of sp³-hybridized carbons (Fsp3) is 0.0455. The van der Waals surface area contributed by atoms with Crippen molar-refractivity contribution in [2.24, 2.45) is 0 Å². The number of carbonyl (C=O) groups excluding carboxylic acids is 2. The van der Waals surface area contributed by atoms with Gasteiger partial charge in [0, 0.05) is 28.4 Å². The molecule has 0 radical (unpaired) electrons. The summed E-state index contributed by atoms with van der Waals surface area (Å²) in [5, 5.41) is 24.0. The lowest BCUT2D eigenvalue weighted by Gasteiger charge is -2.14. The number of non-ortho nitro benzene ring substituents is 1. The summed E-state index contributed by atoms with van der Waals surface area (Å²) < 4.78 is 0. The van der Waals surface area contributed by atoms with E-state index in [1.54, 1.807) is 24.3 Å². The van der Waals surface area contributed by atoms with Crippen LogP contribution in [0.15, 0.2) is 53.4 Å². The molecule has 0 bridgehead atoms. The molecule has 36 heavy (non-hydrogen) atoms. The molecule has 3 aromatic carbocycles. The second-order valence-electron chi connectivity index (χ2n) is 6.93. The average molecular weight is 589 g/mol. The van der Waals surface area contributed by atoms with Crippen LogP contribution in [0, 0.1) is 10.1 Å². The van der Waals surface area contributed by atoms with Crippen molar-refractivity contribution in [1.29, 1.82) is 0 Å². The number of rotatable bonds is 8. The van der Waals surface area contributed by atoms with Crippen molar-refractivity contribution in [3.8, 4) is 0 Å². The number of nitro groups is 1. The van der Waals surface area contributed by atoms with Gasteiger partial charge in [-0.05, 0) is 36.4 Å². The van der Waals surface area contributed by atoms with Crippen LogP contribution >= 0.6 is 58.2 Å². The van der Waals surface area contributed by atoms with Crippen molar-refractivity contribution in [2.45, 2.75) is 4.90 Å². The fourth-order valence-corrected chi connectivity index (χ4v) is 4.60. The highest BCUT2D eigenvalue weighted by Crippen LogP contribution is 2.41.